The van der Waals surface area contributed by atoms with Crippen LogP contribution in [-0.4, -0.2) is 26.6 Å². The number of halogens is 3. The van der Waals surface area contributed by atoms with Gasteiger partial charge in [-0.1, -0.05) is 0 Å². The maximum Gasteiger partial charge on any atom is 0.534 e. The van der Waals surface area contributed by atoms with Crippen LogP contribution in [0.5, 0.6) is 17.2 Å². The van der Waals surface area contributed by atoms with Gasteiger partial charge in [-0.15, -0.1) is 0 Å². The van der Waals surface area contributed by atoms with Gasteiger partial charge >= 0.3 is 15.6 Å². The summed E-state index contributed by atoms with van der Waals surface area (Å²) in [6, 6.07) is 2.49. The second-order valence-electron chi connectivity index (χ2n) is 5.06. The van der Waals surface area contributed by atoms with Gasteiger partial charge in [0.15, 0.2) is 5.75 Å². The molecule has 122 valence electrons. The molecule has 2 rings (SSSR count). The highest BCUT2D eigenvalue weighted by Crippen LogP contribution is 2.41. The van der Waals surface area contributed by atoms with E-state index in [2.05, 4.69) is 4.18 Å². The van der Waals surface area contributed by atoms with Crippen molar-refractivity contribution in [2.45, 2.75) is 25.0 Å². The van der Waals surface area contributed by atoms with Gasteiger partial charge in [-0.25, -0.2) is 0 Å². The molecule has 0 aliphatic carbocycles. The molecule has 0 saturated carbocycles. The van der Waals surface area contributed by atoms with Crippen molar-refractivity contribution in [2.75, 3.05) is 7.11 Å². The van der Waals surface area contributed by atoms with Crippen LogP contribution in [0, 0.1) is 0 Å². The first-order valence-corrected chi connectivity index (χ1v) is 7.47. The van der Waals surface area contributed by atoms with Gasteiger partial charge in [-0.2, -0.15) is 21.6 Å². The van der Waals surface area contributed by atoms with Gasteiger partial charge in [0.1, 0.15) is 17.1 Å². The largest absolute Gasteiger partial charge is 0.534 e. The summed E-state index contributed by atoms with van der Waals surface area (Å²) in [4.78, 5) is 0. The van der Waals surface area contributed by atoms with Crippen LogP contribution in [0.15, 0.2) is 18.2 Å². The molecule has 5 nitrogen and oxygen atoms in total. The summed E-state index contributed by atoms with van der Waals surface area (Å²) >= 11 is 0. The highest BCUT2D eigenvalue weighted by molar-refractivity contribution is 7.88. The Kier molecular flexibility index (Phi) is 3.80. The van der Waals surface area contributed by atoms with E-state index in [1.54, 1.807) is 19.9 Å². The lowest BCUT2D eigenvalue weighted by Crippen LogP contribution is -2.30. The second-order valence-corrected chi connectivity index (χ2v) is 6.60. The van der Waals surface area contributed by atoms with Crippen molar-refractivity contribution in [1.82, 2.24) is 0 Å². The molecule has 0 amide bonds. The third kappa shape index (κ3) is 3.13. The molecule has 0 atom stereocenters. The van der Waals surface area contributed by atoms with E-state index in [0.29, 0.717) is 0 Å². The summed E-state index contributed by atoms with van der Waals surface area (Å²) < 4.78 is 74.5. The minimum atomic E-state index is -5.78. The molecule has 0 saturated heterocycles. The lowest BCUT2D eigenvalue weighted by Gasteiger charge is -2.29. The normalized spacial score (nSPS) is 16.6. The topological polar surface area (TPSA) is 61.8 Å². The van der Waals surface area contributed by atoms with Crippen molar-refractivity contribution < 1.29 is 35.2 Å². The van der Waals surface area contributed by atoms with Crippen molar-refractivity contribution in [2.24, 2.45) is 0 Å². The number of alkyl halides is 3. The van der Waals surface area contributed by atoms with Gasteiger partial charge < -0.3 is 13.7 Å². The van der Waals surface area contributed by atoms with E-state index in [1.807, 2.05) is 0 Å². The van der Waals surface area contributed by atoms with Crippen molar-refractivity contribution in [1.29, 1.82) is 0 Å². The smallest absolute Gasteiger partial charge is 0.496 e. The van der Waals surface area contributed by atoms with E-state index < -0.39 is 27.0 Å². The van der Waals surface area contributed by atoms with Crippen LogP contribution in [0.3, 0.4) is 0 Å². The van der Waals surface area contributed by atoms with E-state index in [0.717, 1.165) is 6.07 Å². The second kappa shape index (κ2) is 5.08. The molecule has 0 aromatic heterocycles. The van der Waals surface area contributed by atoms with Crippen molar-refractivity contribution >= 4 is 16.2 Å². The van der Waals surface area contributed by atoms with Crippen LogP contribution in [-0.2, 0) is 10.1 Å². The fraction of sp³-hybridized carbons (Fsp3) is 0.385. The molecule has 0 radical (unpaired) electrons. The molecule has 0 N–H and O–H groups in total. The molecule has 1 aromatic carbocycles. The molecule has 1 aromatic rings. The van der Waals surface area contributed by atoms with Crippen LogP contribution < -0.4 is 13.7 Å². The van der Waals surface area contributed by atoms with Gasteiger partial charge in [-0.3, -0.25) is 0 Å². The van der Waals surface area contributed by atoms with Gasteiger partial charge in [0.25, 0.3) is 0 Å². The van der Waals surface area contributed by atoms with E-state index in [1.165, 1.54) is 19.3 Å². The average Bonchev–Trinajstić information content (AvgIpc) is 2.34. The Balaban J connectivity index is 2.54. The maximum atomic E-state index is 12.5. The zero-order valence-electron chi connectivity index (χ0n) is 11.9. The Morgan fingerprint density at radius 2 is 1.86 bits per heavy atom. The lowest BCUT2D eigenvalue weighted by atomic mass is 10.0. The van der Waals surface area contributed by atoms with Gasteiger partial charge in [0.05, 0.1) is 12.7 Å². The maximum absolute atomic E-state index is 12.5. The lowest BCUT2D eigenvalue weighted by molar-refractivity contribution is -0.0500. The number of hydrogen-bond acceptors (Lipinski definition) is 5. The third-order valence-corrected chi connectivity index (χ3v) is 3.79. The molecule has 0 unspecified atom stereocenters. The Labute approximate surface area is 125 Å². The van der Waals surface area contributed by atoms with Gasteiger partial charge in [-0.05, 0) is 26.0 Å². The van der Waals surface area contributed by atoms with Crippen molar-refractivity contribution in [3.8, 4) is 17.2 Å². The monoisotopic (exact) mass is 338 g/mol. The first-order valence-electron chi connectivity index (χ1n) is 6.06. The van der Waals surface area contributed by atoms with E-state index >= 15 is 0 Å². The van der Waals surface area contributed by atoms with Crippen LogP contribution in [0.25, 0.3) is 6.08 Å². The molecule has 1 heterocycles. The Bertz CT molecular complexity index is 720. The highest BCUT2D eigenvalue weighted by Gasteiger charge is 2.49. The quantitative estimate of drug-likeness (QED) is 0.626. The van der Waals surface area contributed by atoms with Gasteiger partial charge in [0, 0.05) is 12.1 Å². The van der Waals surface area contributed by atoms with E-state index in [4.69, 9.17) is 9.47 Å². The van der Waals surface area contributed by atoms with E-state index in [-0.39, 0.29) is 17.1 Å². The summed E-state index contributed by atoms with van der Waals surface area (Å²) in [5.41, 5.74) is -6.13. The number of ether oxygens (including phenoxy) is 2. The summed E-state index contributed by atoms with van der Waals surface area (Å²) in [6.07, 6.45) is 3.02. The number of fused-ring (bicyclic) bond motifs is 1. The number of rotatable bonds is 3. The van der Waals surface area contributed by atoms with Crippen LogP contribution in [0.2, 0.25) is 0 Å². The van der Waals surface area contributed by atoms with E-state index in [9.17, 15) is 21.6 Å². The standard InChI is InChI=1S/C13H13F3O5S/c1-12(2)5-4-9-10(20-12)6-8(19-3)7-11(9)21-22(17,18)13(14,15)16/h4-7H,1-3H3. The minimum absolute atomic E-state index is 0.0907. The van der Waals surface area contributed by atoms with Crippen molar-refractivity contribution in [3.63, 3.8) is 0 Å². The summed E-state index contributed by atoms with van der Waals surface area (Å²) in [6.45, 7) is 3.47. The molecule has 0 spiro atoms. The molecule has 9 heteroatoms. The number of hydrogen-bond donors (Lipinski definition) is 0. The minimum Gasteiger partial charge on any atom is -0.496 e. The molecule has 1 aliphatic heterocycles. The SMILES string of the molecule is COc1cc2c(c(OS(=O)(=O)C(F)(F)F)c1)C=CC(C)(C)O2. The summed E-state index contributed by atoms with van der Waals surface area (Å²) in [7, 11) is -4.50. The Hall–Kier alpha value is -1.90. The number of benzene rings is 1. The first-order chi connectivity index (χ1) is 9.95. The number of methoxy groups -OCH3 is 1. The molecule has 0 bridgehead atoms. The average molecular weight is 338 g/mol. The van der Waals surface area contributed by atoms with Crippen LogP contribution in [0.4, 0.5) is 13.2 Å². The Morgan fingerprint density at radius 3 is 2.41 bits per heavy atom. The zero-order chi connectivity index (χ0) is 16.8. The molecular weight excluding hydrogens is 325 g/mol. The first kappa shape index (κ1) is 16.5. The summed E-state index contributed by atoms with van der Waals surface area (Å²) in [5, 5.41) is 0. The highest BCUT2D eigenvalue weighted by atomic mass is 32.2. The zero-order valence-corrected chi connectivity index (χ0v) is 12.7. The third-order valence-electron chi connectivity index (χ3n) is 2.82. The van der Waals surface area contributed by atoms with Gasteiger partial charge in [0.2, 0.25) is 0 Å². The summed E-state index contributed by atoms with van der Waals surface area (Å²) in [5.74, 6) is -0.241. The molecular formula is C13H13F3O5S. The molecule has 0 fully saturated rings. The van der Waals surface area contributed by atoms with Crippen molar-refractivity contribution in [3.05, 3.63) is 23.8 Å². The van der Waals surface area contributed by atoms with Crippen LogP contribution in [0.1, 0.15) is 19.4 Å². The van der Waals surface area contributed by atoms with Crippen LogP contribution >= 0.6 is 0 Å². The predicted octanol–water partition coefficient (Wildman–Crippen LogP) is 3.11. The molecule has 22 heavy (non-hydrogen) atoms. The molecule has 1 aliphatic rings. The fourth-order valence-corrected chi connectivity index (χ4v) is 2.25. The fourth-order valence-electron chi connectivity index (χ4n) is 1.78. The predicted molar refractivity (Wildman–Crippen MR) is 72.3 cm³/mol. The Morgan fingerprint density at radius 1 is 1.23 bits per heavy atom.